The number of nitrogens with one attached hydrogen (secondary N) is 1. The van der Waals surface area contributed by atoms with Gasteiger partial charge in [0, 0.05) is 11.1 Å². The molecule has 1 amide bonds. The number of ether oxygens (including phenoxy) is 3. The second-order valence-corrected chi connectivity index (χ2v) is 6.35. The van der Waals surface area contributed by atoms with E-state index in [-0.39, 0.29) is 18.6 Å². The Morgan fingerprint density at radius 3 is 2.00 bits per heavy atom. The number of rotatable bonds is 6. The molecule has 0 fully saturated rings. The molecule has 0 unspecified atom stereocenters. The lowest BCUT2D eigenvalue weighted by Crippen LogP contribution is -2.34. The van der Waals surface area contributed by atoms with Gasteiger partial charge in [0.2, 0.25) is 0 Å². The Morgan fingerprint density at radius 1 is 0.857 bits per heavy atom. The van der Waals surface area contributed by atoms with Crippen molar-refractivity contribution in [2.45, 2.75) is 13.0 Å². The second-order valence-electron chi connectivity index (χ2n) is 6.35. The van der Waals surface area contributed by atoms with Crippen LogP contribution in [0.1, 0.15) is 24.1 Å². The summed E-state index contributed by atoms with van der Waals surface area (Å²) >= 11 is 0. The van der Waals surface area contributed by atoms with E-state index >= 15 is 0 Å². The summed E-state index contributed by atoms with van der Waals surface area (Å²) in [7, 11) is 0. The number of fused-ring (bicyclic) bond motifs is 2. The molecule has 0 saturated heterocycles. The number of carbonyl (C=O) groups is 1. The van der Waals surface area contributed by atoms with Crippen LogP contribution in [0.15, 0.2) is 72.8 Å². The monoisotopic (exact) mass is 375 g/mol. The SMILES string of the molecule is CCOc1ccccc1OCC(=O)NC1c2ccccc2Oc2ccccc21. The van der Waals surface area contributed by atoms with Crippen LogP contribution in [0.3, 0.4) is 0 Å². The normalized spacial score (nSPS) is 12.3. The van der Waals surface area contributed by atoms with Crippen molar-refractivity contribution < 1.29 is 19.0 Å². The molecule has 142 valence electrons. The number of amides is 1. The number of para-hydroxylation sites is 4. The first-order valence-electron chi connectivity index (χ1n) is 9.26. The summed E-state index contributed by atoms with van der Waals surface area (Å²) in [6.45, 7) is 2.33. The highest BCUT2D eigenvalue weighted by Crippen LogP contribution is 2.42. The summed E-state index contributed by atoms with van der Waals surface area (Å²) in [5, 5.41) is 3.07. The highest BCUT2D eigenvalue weighted by molar-refractivity contribution is 5.79. The minimum absolute atomic E-state index is 0.105. The van der Waals surface area contributed by atoms with Gasteiger partial charge in [0.25, 0.3) is 5.91 Å². The smallest absolute Gasteiger partial charge is 0.258 e. The number of benzene rings is 3. The van der Waals surface area contributed by atoms with Crippen LogP contribution in [0.4, 0.5) is 0 Å². The van der Waals surface area contributed by atoms with E-state index in [1.807, 2.05) is 73.7 Å². The molecule has 0 aromatic heterocycles. The van der Waals surface area contributed by atoms with Gasteiger partial charge in [-0.25, -0.2) is 0 Å². The third kappa shape index (κ3) is 3.64. The molecule has 0 radical (unpaired) electrons. The van der Waals surface area contributed by atoms with Gasteiger partial charge in [-0.3, -0.25) is 4.79 Å². The average molecular weight is 375 g/mol. The fourth-order valence-electron chi connectivity index (χ4n) is 3.26. The number of hydrogen-bond acceptors (Lipinski definition) is 4. The zero-order valence-corrected chi connectivity index (χ0v) is 15.6. The number of carbonyl (C=O) groups excluding carboxylic acids is 1. The Bertz CT molecular complexity index is 940. The molecule has 5 nitrogen and oxygen atoms in total. The highest BCUT2D eigenvalue weighted by atomic mass is 16.5. The fraction of sp³-hybridized carbons (Fsp3) is 0.174. The molecule has 0 aliphatic carbocycles. The van der Waals surface area contributed by atoms with E-state index < -0.39 is 0 Å². The molecule has 28 heavy (non-hydrogen) atoms. The Kier molecular flexibility index (Phi) is 5.15. The van der Waals surface area contributed by atoms with Crippen LogP contribution >= 0.6 is 0 Å². The van der Waals surface area contributed by atoms with Gasteiger partial charge in [0.1, 0.15) is 11.5 Å². The van der Waals surface area contributed by atoms with Crippen molar-refractivity contribution in [3.05, 3.63) is 83.9 Å². The van der Waals surface area contributed by atoms with Crippen molar-refractivity contribution in [1.29, 1.82) is 0 Å². The zero-order valence-electron chi connectivity index (χ0n) is 15.6. The molecule has 1 aliphatic heterocycles. The third-order valence-corrected chi connectivity index (χ3v) is 4.49. The summed E-state index contributed by atoms with van der Waals surface area (Å²) in [6, 6.07) is 22.5. The molecule has 4 rings (SSSR count). The summed E-state index contributed by atoms with van der Waals surface area (Å²) in [6.07, 6.45) is 0. The van der Waals surface area contributed by atoms with Crippen LogP contribution < -0.4 is 19.5 Å². The number of hydrogen-bond donors (Lipinski definition) is 1. The quantitative estimate of drug-likeness (QED) is 0.690. The Hall–Kier alpha value is -3.47. The van der Waals surface area contributed by atoms with Crippen LogP contribution in [0, 0.1) is 0 Å². The molecule has 1 aliphatic rings. The van der Waals surface area contributed by atoms with Crippen LogP contribution in [-0.4, -0.2) is 19.1 Å². The van der Waals surface area contributed by atoms with Crippen molar-refractivity contribution in [2.75, 3.05) is 13.2 Å². The first-order valence-corrected chi connectivity index (χ1v) is 9.26. The van der Waals surface area contributed by atoms with Gasteiger partial charge >= 0.3 is 0 Å². The molecule has 1 heterocycles. The predicted molar refractivity (Wildman–Crippen MR) is 106 cm³/mol. The molecule has 0 saturated carbocycles. The summed E-state index contributed by atoms with van der Waals surface area (Å²) < 4.78 is 17.2. The van der Waals surface area contributed by atoms with Crippen molar-refractivity contribution in [3.8, 4) is 23.0 Å². The lowest BCUT2D eigenvalue weighted by atomic mass is 9.94. The lowest BCUT2D eigenvalue weighted by Gasteiger charge is -2.28. The highest BCUT2D eigenvalue weighted by Gasteiger charge is 2.28. The zero-order chi connectivity index (χ0) is 19.3. The van der Waals surface area contributed by atoms with Gasteiger partial charge in [0.15, 0.2) is 18.1 Å². The van der Waals surface area contributed by atoms with Crippen LogP contribution in [0.2, 0.25) is 0 Å². The van der Waals surface area contributed by atoms with Gasteiger partial charge in [-0.2, -0.15) is 0 Å². The second kappa shape index (κ2) is 8.05. The molecule has 3 aromatic rings. The van der Waals surface area contributed by atoms with Crippen molar-refractivity contribution in [3.63, 3.8) is 0 Å². The lowest BCUT2D eigenvalue weighted by molar-refractivity contribution is -0.123. The largest absolute Gasteiger partial charge is 0.490 e. The Balaban J connectivity index is 1.51. The maximum atomic E-state index is 12.7. The topological polar surface area (TPSA) is 56.8 Å². The van der Waals surface area contributed by atoms with E-state index in [2.05, 4.69) is 5.32 Å². The summed E-state index contributed by atoms with van der Waals surface area (Å²) in [5.41, 5.74) is 1.84. The van der Waals surface area contributed by atoms with Gasteiger partial charge in [-0.05, 0) is 31.2 Å². The van der Waals surface area contributed by atoms with E-state index in [1.165, 1.54) is 0 Å². The predicted octanol–water partition coefficient (Wildman–Crippen LogP) is 4.48. The van der Waals surface area contributed by atoms with Crippen molar-refractivity contribution in [2.24, 2.45) is 0 Å². The average Bonchev–Trinajstić information content (AvgIpc) is 2.73. The standard InChI is InChI=1S/C23H21NO4/c1-2-26-20-13-7-8-14-21(20)27-15-22(25)24-23-16-9-3-5-11-18(16)28-19-12-6-4-10-17(19)23/h3-14,23H,2,15H2,1H3,(H,24,25). The molecule has 5 heteroatoms. The van der Waals surface area contributed by atoms with Gasteiger partial charge in [-0.1, -0.05) is 48.5 Å². The minimum Gasteiger partial charge on any atom is -0.490 e. The maximum Gasteiger partial charge on any atom is 0.258 e. The van der Waals surface area contributed by atoms with E-state index in [1.54, 1.807) is 6.07 Å². The Morgan fingerprint density at radius 2 is 1.39 bits per heavy atom. The van der Waals surface area contributed by atoms with E-state index in [0.717, 1.165) is 22.6 Å². The van der Waals surface area contributed by atoms with Crippen LogP contribution in [-0.2, 0) is 4.79 Å². The molecule has 3 aromatic carbocycles. The molecular formula is C23H21NO4. The summed E-state index contributed by atoms with van der Waals surface area (Å²) in [5.74, 6) is 2.44. The van der Waals surface area contributed by atoms with E-state index in [0.29, 0.717) is 18.1 Å². The Labute approximate surface area is 163 Å². The van der Waals surface area contributed by atoms with E-state index in [9.17, 15) is 4.79 Å². The molecule has 1 N–H and O–H groups in total. The molecule has 0 bridgehead atoms. The van der Waals surface area contributed by atoms with Crippen molar-refractivity contribution >= 4 is 5.91 Å². The van der Waals surface area contributed by atoms with Gasteiger partial charge < -0.3 is 19.5 Å². The van der Waals surface area contributed by atoms with Gasteiger partial charge in [-0.15, -0.1) is 0 Å². The third-order valence-electron chi connectivity index (χ3n) is 4.49. The first-order chi connectivity index (χ1) is 13.8. The molecule has 0 atom stereocenters. The van der Waals surface area contributed by atoms with E-state index in [4.69, 9.17) is 14.2 Å². The molecule has 0 spiro atoms. The maximum absolute atomic E-state index is 12.7. The van der Waals surface area contributed by atoms with Gasteiger partial charge in [0.05, 0.1) is 12.6 Å². The van der Waals surface area contributed by atoms with Crippen LogP contribution in [0.25, 0.3) is 0 Å². The van der Waals surface area contributed by atoms with Crippen LogP contribution in [0.5, 0.6) is 23.0 Å². The van der Waals surface area contributed by atoms with Crippen molar-refractivity contribution in [1.82, 2.24) is 5.32 Å². The fourth-order valence-corrected chi connectivity index (χ4v) is 3.26. The molecular weight excluding hydrogens is 354 g/mol. The summed E-state index contributed by atoms with van der Waals surface area (Å²) in [4.78, 5) is 12.7. The first kappa shape index (κ1) is 17.9. The minimum atomic E-state index is -0.292.